The van der Waals surface area contributed by atoms with E-state index in [4.69, 9.17) is 5.73 Å². The second-order valence-corrected chi connectivity index (χ2v) is 6.07. The fourth-order valence-electron chi connectivity index (χ4n) is 3.24. The predicted octanol–water partition coefficient (Wildman–Crippen LogP) is 4.34. The molecule has 0 amide bonds. The Balaban J connectivity index is 1.70. The number of ketones is 1. The predicted molar refractivity (Wildman–Crippen MR) is 97.9 cm³/mol. The van der Waals surface area contributed by atoms with E-state index < -0.39 is 0 Å². The molecular weight excluding hydrogens is 296 g/mol. The van der Waals surface area contributed by atoms with Crippen LogP contribution in [0.2, 0.25) is 0 Å². The molecule has 3 heteroatoms. The molecule has 3 nitrogen and oxygen atoms in total. The standard InChI is InChI=1S/C21H18N2O/c22-19-7-3-4-8-20(19)23-16-11-12-18-15(13-16)10-9-14-5-1-2-6-17(14)21(18)24/h1-8,11-13,23H,9-10,22H2. The number of hydrogen-bond donors (Lipinski definition) is 2. The number of carbonyl (C=O) groups is 1. The highest BCUT2D eigenvalue weighted by molar-refractivity contribution is 6.11. The minimum absolute atomic E-state index is 0.115. The highest BCUT2D eigenvalue weighted by Gasteiger charge is 2.20. The average Bonchev–Trinajstić information content (AvgIpc) is 2.75. The number of benzene rings is 3. The minimum Gasteiger partial charge on any atom is -0.397 e. The number of rotatable bonds is 2. The Bertz CT molecular complexity index is 931. The molecule has 0 spiro atoms. The van der Waals surface area contributed by atoms with Gasteiger partial charge in [-0.05, 0) is 54.3 Å². The Morgan fingerprint density at radius 1 is 0.792 bits per heavy atom. The number of nitrogens with two attached hydrogens (primary N) is 1. The smallest absolute Gasteiger partial charge is 0.193 e. The summed E-state index contributed by atoms with van der Waals surface area (Å²) in [4.78, 5) is 12.8. The SMILES string of the molecule is Nc1ccccc1Nc1ccc2c(c1)CCc1ccccc1C2=O. The number of anilines is 3. The summed E-state index contributed by atoms with van der Waals surface area (Å²) in [5.74, 6) is 0.115. The summed E-state index contributed by atoms with van der Waals surface area (Å²) in [5.41, 5.74) is 12.3. The normalized spacial score (nSPS) is 12.9. The summed E-state index contributed by atoms with van der Waals surface area (Å²) >= 11 is 0. The van der Waals surface area contributed by atoms with Crippen molar-refractivity contribution >= 4 is 22.8 Å². The molecule has 3 N–H and O–H groups in total. The summed E-state index contributed by atoms with van der Waals surface area (Å²) in [6.45, 7) is 0. The van der Waals surface area contributed by atoms with Crippen LogP contribution in [0.15, 0.2) is 66.7 Å². The first-order chi connectivity index (χ1) is 11.7. The Labute approximate surface area is 141 Å². The van der Waals surface area contributed by atoms with Crippen molar-refractivity contribution in [3.05, 3.63) is 89.0 Å². The molecule has 0 radical (unpaired) electrons. The van der Waals surface area contributed by atoms with Gasteiger partial charge < -0.3 is 11.1 Å². The van der Waals surface area contributed by atoms with Gasteiger partial charge in [0.15, 0.2) is 5.78 Å². The second-order valence-electron chi connectivity index (χ2n) is 6.07. The molecule has 118 valence electrons. The maximum absolute atomic E-state index is 12.8. The lowest BCUT2D eigenvalue weighted by molar-refractivity contribution is 0.103. The molecule has 0 saturated carbocycles. The first-order valence-corrected chi connectivity index (χ1v) is 8.09. The molecule has 0 atom stereocenters. The molecule has 1 aliphatic carbocycles. The van der Waals surface area contributed by atoms with E-state index in [1.807, 2.05) is 60.7 Å². The van der Waals surface area contributed by atoms with Crippen LogP contribution in [0, 0.1) is 0 Å². The van der Waals surface area contributed by atoms with E-state index >= 15 is 0 Å². The summed E-state index contributed by atoms with van der Waals surface area (Å²) in [6, 6.07) is 21.5. The van der Waals surface area contributed by atoms with Gasteiger partial charge in [0.1, 0.15) is 0 Å². The summed E-state index contributed by atoms with van der Waals surface area (Å²) in [7, 11) is 0. The van der Waals surface area contributed by atoms with Crippen molar-refractivity contribution in [3.8, 4) is 0 Å². The van der Waals surface area contributed by atoms with E-state index in [9.17, 15) is 4.79 Å². The molecule has 4 rings (SSSR count). The number of nitrogen functional groups attached to an aromatic ring is 1. The summed E-state index contributed by atoms with van der Waals surface area (Å²) in [5, 5.41) is 3.34. The molecule has 3 aromatic rings. The number of hydrogen-bond acceptors (Lipinski definition) is 3. The van der Waals surface area contributed by atoms with Crippen LogP contribution in [-0.2, 0) is 12.8 Å². The molecule has 0 saturated heterocycles. The van der Waals surface area contributed by atoms with Gasteiger partial charge in [-0.1, -0.05) is 36.4 Å². The van der Waals surface area contributed by atoms with Gasteiger partial charge in [0, 0.05) is 16.8 Å². The zero-order valence-corrected chi connectivity index (χ0v) is 13.3. The molecule has 0 heterocycles. The van der Waals surface area contributed by atoms with E-state index in [2.05, 4.69) is 11.4 Å². The Hall–Kier alpha value is -3.07. The monoisotopic (exact) mass is 314 g/mol. The average molecular weight is 314 g/mol. The van der Waals surface area contributed by atoms with Gasteiger partial charge in [-0.25, -0.2) is 0 Å². The van der Waals surface area contributed by atoms with Crippen molar-refractivity contribution in [1.29, 1.82) is 0 Å². The third kappa shape index (κ3) is 2.54. The molecule has 0 aromatic heterocycles. The van der Waals surface area contributed by atoms with Gasteiger partial charge in [-0.3, -0.25) is 4.79 Å². The molecule has 0 aliphatic heterocycles. The minimum atomic E-state index is 0.115. The Morgan fingerprint density at radius 2 is 1.50 bits per heavy atom. The van der Waals surface area contributed by atoms with Crippen LogP contribution < -0.4 is 11.1 Å². The fraction of sp³-hybridized carbons (Fsp3) is 0.0952. The highest BCUT2D eigenvalue weighted by atomic mass is 16.1. The van der Waals surface area contributed by atoms with Crippen LogP contribution in [0.5, 0.6) is 0 Å². The first kappa shape index (κ1) is 14.5. The van der Waals surface area contributed by atoms with E-state index in [0.29, 0.717) is 5.69 Å². The molecule has 3 aromatic carbocycles. The summed E-state index contributed by atoms with van der Waals surface area (Å²) < 4.78 is 0. The maximum atomic E-state index is 12.8. The number of aryl methyl sites for hydroxylation is 2. The van der Waals surface area contributed by atoms with Gasteiger partial charge in [-0.2, -0.15) is 0 Å². The first-order valence-electron chi connectivity index (χ1n) is 8.09. The molecule has 24 heavy (non-hydrogen) atoms. The fourth-order valence-corrected chi connectivity index (χ4v) is 3.24. The Kier molecular flexibility index (Phi) is 3.54. The Morgan fingerprint density at radius 3 is 2.38 bits per heavy atom. The number of para-hydroxylation sites is 2. The van der Waals surface area contributed by atoms with E-state index in [1.54, 1.807) is 0 Å². The van der Waals surface area contributed by atoms with Crippen LogP contribution in [-0.4, -0.2) is 5.78 Å². The number of carbonyl (C=O) groups excluding carboxylic acids is 1. The lowest BCUT2D eigenvalue weighted by Gasteiger charge is -2.12. The molecular formula is C21H18N2O. The topological polar surface area (TPSA) is 55.1 Å². The van der Waals surface area contributed by atoms with Crippen molar-refractivity contribution in [1.82, 2.24) is 0 Å². The van der Waals surface area contributed by atoms with Crippen LogP contribution in [0.1, 0.15) is 27.0 Å². The van der Waals surface area contributed by atoms with Crippen LogP contribution in [0.3, 0.4) is 0 Å². The van der Waals surface area contributed by atoms with Gasteiger partial charge in [-0.15, -0.1) is 0 Å². The quantitative estimate of drug-likeness (QED) is 0.692. The third-order valence-electron chi connectivity index (χ3n) is 4.52. The lowest BCUT2D eigenvalue weighted by atomic mass is 9.98. The van der Waals surface area contributed by atoms with Gasteiger partial charge >= 0.3 is 0 Å². The van der Waals surface area contributed by atoms with Crippen molar-refractivity contribution in [2.24, 2.45) is 0 Å². The van der Waals surface area contributed by atoms with Gasteiger partial charge in [0.2, 0.25) is 0 Å². The van der Waals surface area contributed by atoms with E-state index in [1.165, 1.54) is 0 Å². The molecule has 0 fully saturated rings. The lowest BCUT2D eigenvalue weighted by Crippen LogP contribution is -2.04. The number of nitrogens with one attached hydrogen (secondary N) is 1. The highest BCUT2D eigenvalue weighted by Crippen LogP contribution is 2.29. The van der Waals surface area contributed by atoms with Crippen LogP contribution in [0.4, 0.5) is 17.1 Å². The molecule has 1 aliphatic rings. The maximum Gasteiger partial charge on any atom is 0.193 e. The van der Waals surface area contributed by atoms with Crippen LogP contribution >= 0.6 is 0 Å². The van der Waals surface area contributed by atoms with E-state index in [-0.39, 0.29) is 5.78 Å². The van der Waals surface area contributed by atoms with Crippen molar-refractivity contribution in [3.63, 3.8) is 0 Å². The molecule has 0 unspecified atom stereocenters. The largest absolute Gasteiger partial charge is 0.397 e. The second kappa shape index (κ2) is 5.85. The number of fused-ring (bicyclic) bond motifs is 2. The van der Waals surface area contributed by atoms with Crippen molar-refractivity contribution in [2.75, 3.05) is 11.1 Å². The zero-order valence-electron chi connectivity index (χ0n) is 13.3. The van der Waals surface area contributed by atoms with Crippen LogP contribution in [0.25, 0.3) is 0 Å². The van der Waals surface area contributed by atoms with E-state index in [0.717, 1.165) is 46.5 Å². The third-order valence-corrected chi connectivity index (χ3v) is 4.52. The zero-order chi connectivity index (χ0) is 16.5. The van der Waals surface area contributed by atoms with Gasteiger partial charge in [0.25, 0.3) is 0 Å². The van der Waals surface area contributed by atoms with Crippen molar-refractivity contribution < 1.29 is 4.79 Å². The van der Waals surface area contributed by atoms with Gasteiger partial charge in [0.05, 0.1) is 11.4 Å². The van der Waals surface area contributed by atoms with Crippen molar-refractivity contribution in [2.45, 2.75) is 12.8 Å². The molecule has 0 bridgehead atoms. The summed E-state index contributed by atoms with van der Waals surface area (Å²) in [6.07, 6.45) is 1.74.